The number of unbranched alkanes of at least 4 members (excludes halogenated alkanes) is 1. The van der Waals surface area contributed by atoms with Gasteiger partial charge in [-0.05, 0) is 77.4 Å². The number of aliphatic hydroxyl groups excluding tert-OH is 1. The molecule has 5 rings (SSSR count). The van der Waals surface area contributed by atoms with Gasteiger partial charge in [0.25, 0.3) is 0 Å². The van der Waals surface area contributed by atoms with Gasteiger partial charge in [-0.15, -0.1) is 0 Å². The van der Waals surface area contributed by atoms with Crippen molar-refractivity contribution in [1.29, 1.82) is 0 Å². The van der Waals surface area contributed by atoms with Crippen LogP contribution in [-0.2, 0) is 22.4 Å². The van der Waals surface area contributed by atoms with Crippen molar-refractivity contribution in [2.45, 2.75) is 76.8 Å². The summed E-state index contributed by atoms with van der Waals surface area (Å²) in [5.41, 5.74) is 5.74. The molecule has 0 aromatic carbocycles. The van der Waals surface area contributed by atoms with Crippen LogP contribution < -0.4 is 5.32 Å². The number of amides is 2. The summed E-state index contributed by atoms with van der Waals surface area (Å²) < 4.78 is 0.966. The van der Waals surface area contributed by atoms with Gasteiger partial charge in [0.05, 0.1) is 18.1 Å². The van der Waals surface area contributed by atoms with Gasteiger partial charge in [-0.25, -0.2) is 4.98 Å². The Morgan fingerprint density at radius 3 is 2.88 bits per heavy atom. The molecule has 2 atom stereocenters. The van der Waals surface area contributed by atoms with Crippen molar-refractivity contribution in [3.63, 3.8) is 0 Å². The first-order valence-corrected chi connectivity index (χ1v) is 15.9. The number of hydrogen-bond acceptors (Lipinski definition) is 6. The van der Waals surface area contributed by atoms with Crippen LogP contribution in [0.1, 0.15) is 74.9 Å². The fraction of sp³-hybridized carbons (Fsp3) is 0.500. The minimum absolute atomic E-state index is 0.00262. The van der Waals surface area contributed by atoms with E-state index in [9.17, 15) is 14.7 Å². The van der Waals surface area contributed by atoms with Crippen LogP contribution in [0.4, 0.5) is 0 Å². The highest BCUT2D eigenvalue weighted by Gasteiger charge is 2.37. The second kappa shape index (κ2) is 14.3. The van der Waals surface area contributed by atoms with Gasteiger partial charge in [0.2, 0.25) is 11.8 Å². The molecule has 0 spiro atoms. The molecule has 0 bridgehead atoms. The van der Waals surface area contributed by atoms with Crippen LogP contribution in [0.2, 0.25) is 0 Å². The number of nitrogens with zero attached hydrogens (tertiary/aromatic N) is 4. The summed E-state index contributed by atoms with van der Waals surface area (Å²) in [5.74, 6) is 0.457. The molecule has 1 saturated heterocycles. The molecule has 0 saturated carbocycles. The molecule has 1 aliphatic heterocycles. The molecule has 42 heavy (non-hydrogen) atoms. The van der Waals surface area contributed by atoms with E-state index in [4.69, 9.17) is 4.98 Å². The monoisotopic (exact) mass is 636 g/mol. The van der Waals surface area contributed by atoms with Gasteiger partial charge in [-0.1, -0.05) is 25.0 Å². The molecule has 10 heteroatoms. The SMILES string of the molecule is CCCCC(=O)N1CCN([C@@H]2C3=C(CC=C(O)C=C3)CCc3cc(Br)cnc32)CC1CCC(=O)NCCc1cnc[nH]1. The molecule has 9 nitrogen and oxygen atoms in total. The van der Waals surface area contributed by atoms with Crippen LogP contribution >= 0.6 is 15.9 Å². The number of imidazole rings is 1. The molecule has 224 valence electrons. The third-order valence-corrected chi connectivity index (χ3v) is 8.97. The summed E-state index contributed by atoms with van der Waals surface area (Å²) in [5, 5.41) is 13.3. The van der Waals surface area contributed by atoms with Crippen LogP contribution in [0.5, 0.6) is 0 Å². The maximum atomic E-state index is 13.3. The molecule has 1 fully saturated rings. The second-order valence-corrected chi connectivity index (χ2v) is 12.3. The summed E-state index contributed by atoms with van der Waals surface area (Å²) >= 11 is 3.61. The zero-order valence-electron chi connectivity index (χ0n) is 24.3. The van der Waals surface area contributed by atoms with E-state index < -0.39 is 0 Å². The standard InChI is InChI=1S/C32H41BrN6O3/c1-2-3-4-30(42)39-16-15-38(20-26(39)8-12-29(41)35-14-13-25-19-34-21-37-25)32-28-11-10-27(40)9-7-22(28)5-6-23-17-24(33)18-36-31(23)32/h9-11,17-19,21,26,32,40H,2-8,12-16,20H2,1H3,(H,34,37)(H,35,41)/t26?,32-/m1/s1. The van der Waals surface area contributed by atoms with Gasteiger partial charge < -0.3 is 20.3 Å². The lowest BCUT2D eigenvalue weighted by atomic mass is 9.93. The van der Waals surface area contributed by atoms with Crippen molar-refractivity contribution in [1.82, 2.24) is 30.1 Å². The summed E-state index contributed by atoms with van der Waals surface area (Å²) in [6, 6.07) is 2.02. The predicted molar refractivity (Wildman–Crippen MR) is 166 cm³/mol. The van der Waals surface area contributed by atoms with E-state index in [-0.39, 0.29) is 29.7 Å². The van der Waals surface area contributed by atoms with Crippen LogP contribution in [0.25, 0.3) is 0 Å². The molecule has 2 aliphatic carbocycles. The largest absolute Gasteiger partial charge is 0.508 e. The number of allylic oxidation sites excluding steroid dienone is 3. The Morgan fingerprint density at radius 2 is 2.07 bits per heavy atom. The quantitative estimate of drug-likeness (QED) is 0.334. The minimum Gasteiger partial charge on any atom is -0.508 e. The fourth-order valence-electron chi connectivity index (χ4n) is 6.28. The maximum Gasteiger partial charge on any atom is 0.222 e. The maximum absolute atomic E-state index is 13.3. The van der Waals surface area contributed by atoms with Gasteiger partial charge in [-0.2, -0.15) is 0 Å². The number of piperazine rings is 1. The zero-order chi connectivity index (χ0) is 29.5. The molecular formula is C32H41BrN6O3. The Morgan fingerprint density at radius 1 is 1.19 bits per heavy atom. The van der Waals surface area contributed by atoms with Crippen molar-refractivity contribution in [2.24, 2.45) is 0 Å². The van der Waals surface area contributed by atoms with Crippen molar-refractivity contribution in [3.05, 3.63) is 81.3 Å². The van der Waals surface area contributed by atoms with Crippen LogP contribution in [-0.4, -0.2) is 73.9 Å². The molecule has 3 aliphatic rings. The highest BCUT2D eigenvalue weighted by atomic mass is 79.9. The number of aromatic nitrogens is 3. The number of hydrogen-bond donors (Lipinski definition) is 3. The summed E-state index contributed by atoms with van der Waals surface area (Å²) in [6.45, 7) is 4.64. The average Bonchev–Trinajstić information content (AvgIpc) is 3.38. The van der Waals surface area contributed by atoms with Crippen molar-refractivity contribution in [3.8, 4) is 0 Å². The van der Waals surface area contributed by atoms with E-state index in [1.165, 1.54) is 16.7 Å². The molecule has 2 amide bonds. The van der Waals surface area contributed by atoms with Crippen molar-refractivity contribution < 1.29 is 14.7 Å². The lowest BCUT2D eigenvalue weighted by Crippen LogP contribution is -2.56. The highest BCUT2D eigenvalue weighted by molar-refractivity contribution is 9.10. The number of halogens is 1. The van der Waals surface area contributed by atoms with E-state index in [1.807, 2.05) is 17.2 Å². The van der Waals surface area contributed by atoms with Crippen molar-refractivity contribution >= 4 is 27.7 Å². The number of H-pyrrole nitrogens is 1. The minimum atomic E-state index is -0.0835. The number of rotatable bonds is 10. The van der Waals surface area contributed by atoms with E-state index in [0.717, 1.165) is 48.1 Å². The summed E-state index contributed by atoms with van der Waals surface area (Å²) in [7, 11) is 0. The first-order chi connectivity index (χ1) is 20.4. The lowest BCUT2D eigenvalue weighted by Gasteiger charge is -2.45. The number of aryl methyl sites for hydroxylation is 1. The number of nitrogens with one attached hydrogen (secondary N) is 2. The summed E-state index contributed by atoms with van der Waals surface area (Å²) in [6.07, 6.45) is 17.5. The van der Waals surface area contributed by atoms with Crippen molar-refractivity contribution in [2.75, 3.05) is 26.2 Å². The Bertz CT molecular complexity index is 1350. The van der Waals surface area contributed by atoms with Crippen LogP contribution in [0.15, 0.2) is 64.4 Å². The zero-order valence-corrected chi connectivity index (χ0v) is 25.9. The number of aromatic amines is 1. The first kappa shape index (κ1) is 30.2. The van der Waals surface area contributed by atoms with Gasteiger partial charge >= 0.3 is 0 Å². The number of aliphatic hydroxyl groups is 1. The Balaban J connectivity index is 1.36. The Kier molecular flexibility index (Phi) is 10.3. The van der Waals surface area contributed by atoms with Gasteiger partial charge in [0, 0.05) is 74.0 Å². The van der Waals surface area contributed by atoms with E-state index >= 15 is 0 Å². The molecule has 1 unspecified atom stereocenters. The second-order valence-electron chi connectivity index (χ2n) is 11.4. The molecular weight excluding hydrogens is 596 g/mol. The molecule has 0 radical (unpaired) electrons. The fourth-order valence-corrected chi connectivity index (χ4v) is 6.66. The third-order valence-electron chi connectivity index (χ3n) is 8.54. The van der Waals surface area contributed by atoms with E-state index in [2.05, 4.69) is 55.2 Å². The van der Waals surface area contributed by atoms with Gasteiger partial charge in [-0.3, -0.25) is 19.5 Å². The summed E-state index contributed by atoms with van der Waals surface area (Å²) in [4.78, 5) is 42.6. The lowest BCUT2D eigenvalue weighted by molar-refractivity contribution is -0.137. The Labute approximate surface area is 256 Å². The normalized spacial score (nSPS) is 20.8. The highest BCUT2D eigenvalue weighted by Crippen LogP contribution is 2.41. The molecule has 3 heterocycles. The smallest absolute Gasteiger partial charge is 0.222 e. The van der Waals surface area contributed by atoms with Gasteiger partial charge in [0.15, 0.2) is 0 Å². The molecule has 2 aromatic heterocycles. The average molecular weight is 638 g/mol. The number of pyridine rings is 1. The molecule has 3 N–H and O–H groups in total. The van der Waals surface area contributed by atoms with Crippen LogP contribution in [0.3, 0.4) is 0 Å². The van der Waals surface area contributed by atoms with Crippen LogP contribution in [0, 0.1) is 0 Å². The third kappa shape index (κ3) is 7.39. The number of fused-ring (bicyclic) bond motifs is 1. The first-order valence-electron chi connectivity index (χ1n) is 15.1. The topological polar surface area (TPSA) is 114 Å². The van der Waals surface area contributed by atoms with E-state index in [0.29, 0.717) is 51.7 Å². The van der Waals surface area contributed by atoms with E-state index in [1.54, 1.807) is 18.6 Å². The predicted octanol–water partition coefficient (Wildman–Crippen LogP) is 5.10. The number of carbonyl (C=O) groups is 2. The Hall–Kier alpha value is -3.24. The van der Waals surface area contributed by atoms with Gasteiger partial charge in [0.1, 0.15) is 5.76 Å². The molecule has 2 aromatic rings. The number of carbonyl (C=O) groups excluding carboxylic acids is 2.